The molecule has 38 heavy (non-hydrogen) atoms. The lowest BCUT2D eigenvalue weighted by atomic mass is 10.1. The van der Waals surface area contributed by atoms with E-state index in [0.29, 0.717) is 0 Å². The van der Waals surface area contributed by atoms with Gasteiger partial charge in [-0.25, -0.2) is 18.5 Å². The van der Waals surface area contributed by atoms with Crippen molar-refractivity contribution in [1.29, 1.82) is 0 Å². The number of ether oxygens (including phenoxy) is 2. The topological polar surface area (TPSA) is 251 Å². The molecule has 18 nitrogen and oxygen atoms in total. The number of hydrogen-bond donors (Lipinski definition) is 5. The highest BCUT2D eigenvalue weighted by atomic mass is 31.3. The monoisotopic (exact) mass is 609 g/mol. The number of phosphoric acid groups is 3. The molecule has 1 aromatic heterocycles. The molecule has 1 aromatic rings. The van der Waals surface area contributed by atoms with Crippen molar-refractivity contribution >= 4 is 35.2 Å². The molecule has 1 saturated heterocycles. The Morgan fingerprint density at radius 1 is 1.11 bits per heavy atom. The summed E-state index contributed by atoms with van der Waals surface area (Å²) in [6.07, 6.45) is -5.76. The molecule has 0 aromatic carbocycles. The van der Waals surface area contributed by atoms with Gasteiger partial charge >= 0.3 is 29.2 Å². The number of aliphatic hydroxyl groups is 1. The number of aliphatic hydroxyl groups excluding tert-OH is 1. The lowest BCUT2D eigenvalue weighted by Gasteiger charge is -2.24. The summed E-state index contributed by atoms with van der Waals surface area (Å²) < 4.78 is 65.1. The summed E-state index contributed by atoms with van der Waals surface area (Å²) in [6.45, 7) is 6.18. The number of nitrogens with one attached hydrogen (secondary N) is 1. The molecule has 0 bridgehead atoms. The first-order chi connectivity index (χ1) is 17.3. The van der Waals surface area contributed by atoms with Crippen LogP contribution in [0.3, 0.4) is 0 Å². The second-order valence-electron chi connectivity index (χ2n) is 8.41. The minimum Gasteiger partial charge on any atom is -0.386 e. The Labute approximate surface area is 216 Å². The minimum absolute atomic E-state index is 0.0543. The van der Waals surface area contributed by atoms with Crippen LogP contribution in [-0.2, 0) is 45.6 Å². The van der Waals surface area contributed by atoms with Crippen LogP contribution in [0, 0.1) is 0 Å². The summed E-state index contributed by atoms with van der Waals surface area (Å²) in [5, 5.41) is 13.1. The molecule has 5 N–H and O–H groups in total. The maximum atomic E-state index is 12.5. The van der Waals surface area contributed by atoms with Crippen LogP contribution in [0.2, 0.25) is 0 Å². The second-order valence-corrected chi connectivity index (χ2v) is 13.0. The third kappa shape index (κ3) is 9.99. The third-order valence-corrected chi connectivity index (χ3v) is 8.77. The quantitative estimate of drug-likeness (QED) is 0.196. The number of rotatable bonds is 13. The van der Waals surface area contributed by atoms with E-state index in [-0.39, 0.29) is 5.82 Å². The first-order valence-corrected chi connectivity index (χ1v) is 15.4. The van der Waals surface area contributed by atoms with Gasteiger partial charge in [-0.1, -0.05) is 0 Å². The Morgan fingerprint density at radius 2 is 1.71 bits per heavy atom. The molecule has 0 spiro atoms. The average Bonchev–Trinajstić information content (AvgIpc) is 2.98. The van der Waals surface area contributed by atoms with Crippen LogP contribution in [0.5, 0.6) is 0 Å². The predicted octanol–water partition coefficient (Wildman–Crippen LogP) is 1.03. The smallest absolute Gasteiger partial charge is 0.386 e. The van der Waals surface area contributed by atoms with Crippen LogP contribution in [-0.4, -0.2) is 72.4 Å². The van der Waals surface area contributed by atoms with Gasteiger partial charge < -0.3 is 34.6 Å². The Balaban J connectivity index is 2.17. The first-order valence-electron chi connectivity index (χ1n) is 10.9. The Kier molecular flexibility index (Phi) is 11.1. The van der Waals surface area contributed by atoms with Crippen molar-refractivity contribution in [2.45, 2.75) is 71.4 Å². The van der Waals surface area contributed by atoms with Crippen LogP contribution in [0.4, 0.5) is 5.82 Å². The fourth-order valence-corrected chi connectivity index (χ4v) is 6.86. The highest BCUT2D eigenvalue weighted by molar-refractivity contribution is 7.66. The zero-order valence-electron chi connectivity index (χ0n) is 20.8. The largest absolute Gasteiger partial charge is 0.490 e. The van der Waals surface area contributed by atoms with E-state index in [1.54, 1.807) is 13.8 Å². The van der Waals surface area contributed by atoms with E-state index in [1.165, 1.54) is 33.0 Å². The van der Waals surface area contributed by atoms with Crippen molar-refractivity contribution in [3.05, 3.63) is 22.7 Å². The number of aromatic nitrogens is 2. The molecular weight excluding hydrogens is 579 g/mol. The van der Waals surface area contributed by atoms with Crippen molar-refractivity contribution in [1.82, 2.24) is 9.55 Å². The Bertz CT molecular complexity index is 1190. The van der Waals surface area contributed by atoms with E-state index in [2.05, 4.69) is 28.0 Å². The van der Waals surface area contributed by atoms with Gasteiger partial charge in [0, 0.05) is 13.1 Å². The predicted molar refractivity (Wildman–Crippen MR) is 127 cm³/mol. The SMILES string of the molecule is CC(=O)Nc1ccn([C@@H]2O[C@H](COP(=O)(O)OP(=O)(O)OP(=O)(O)OC(C)C)C(OC(C)C)[C@@H]2O)c(=O)n1. The second kappa shape index (κ2) is 12.9. The molecule has 2 rings (SSSR count). The van der Waals surface area contributed by atoms with Crippen LogP contribution in [0.25, 0.3) is 0 Å². The molecule has 0 radical (unpaired) electrons. The summed E-state index contributed by atoms with van der Waals surface area (Å²) in [5.41, 5.74) is -0.920. The molecule has 0 aliphatic carbocycles. The van der Waals surface area contributed by atoms with E-state index in [4.69, 9.17) is 9.47 Å². The first kappa shape index (κ1) is 32.8. The van der Waals surface area contributed by atoms with Gasteiger partial charge in [0.1, 0.15) is 24.1 Å². The van der Waals surface area contributed by atoms with Crippen molar-refractivity contribution in [3.63, 3.8) is 0 Å². The summed E-state index contributed by atoms with van der Waals surface area (Å²) in [5.74, 6) is -0.529. The molecule has 1 fully saturated rings. The van der Waals surface area contributed by atoms with E-state index in [9.17, 15) is 43.1 Å². The number of hydrogen-bond acceptors (Lipinski definition) is 13. The molecule has 4 unspecified atom stereocenters. The zero-order chi connectivity index (χ0) is 29.1. The van der Waals surface area contributed by atoms with Crippen molar-refractivity contribution in [2.75, 3.05) is 11.9 Å². The van der Waals surface area contributed by atoms with E-state index in [1.807, 2.05) is 0 Å². The van der Waals surface area contributed by atoms with Gasteiger partial charge in [-0.2, -0.15) is 13.6 Å². The fourth-order valence-electron chi connectivity index (χ4n) is 3.17. The van der Waals surface area contributed by atoms with Crippen molar-refractivity contribution in [2.24, 2.45) is 0 Å². The third-order valence-electron chi connectivity index (χ3n) is 4.31. The Hall–Kier alpha value is -1.36. The van der Waals surface area contributed by atoms with Crippen molar-refractivity contribution in [3.8, 4) is 0 Å². The van der Waals surface area contributed by atoms with Gasteiger partial charge in [-0.05, 0) is 33.8 Å². The van der Waals surface area contributed by atoms with Gasteiger partial charge in [-0.15, -0.1) is 0 Å². The molecule has 2 heterocycles. The van der Waals surface area contributed by atoms with Crippen LogP contribution in [0.1, 0.15) is 40.8 Å². The van der Waals surface area contributed by atoms with E-state index in [0.717, 1.165) is 4.57 Å². The molecule has 1 aliphatic heterocycles. The van der Waals surface area contributed by atoms with Gasteiger partial charge in [-0.3, -0.25) is 18.4 Å². The number of nitrogens with zero attached hydrogens (tertiary/aromatic N) is 2. The molecule has 7 atom stereocenters. The van der Waals surface area contributed by atoms with Crippen LogP contribution >= 0.6 is 23.5 Å². The zero-order valence-corrected chi connectivity index (χ0v) is 23.5. The number of carbonyl (C=O) groups excluding carboxylic acids is 1. The number of carbonyl (C=O) groups is 1. The Morgan fingerprint density at radius 3 is 2.24 bits per heavy atom. The average molecular weight is 609 g/mol. The molecular formula is C17H30N3O15P3. The molecule has 218 valence electrons. The lowest BCUT2D eigenvalue weighted by molar-refractivity contribution is -0.114. The molecule has 21 heteroatoms. The normalized spacial score (nSPS) is 26.6. The van der Waals surface area contributed by atoms with Gasteiger partial charge in [0.05, 0.1) is 18.8 Å². The highest BCUT2D eigenvalue weighted by Gasteiger charge is 2.48. The minimum atomic E-state index is -5.67. The maximum absolute atomic E-state index is 12.5. The number of anilines is 1. The summed E-state index contributed by atoms with van der Waals surface area (Å²) in [7, 11) is -16.3. The van der Waals surface area contributed by atoms with Gasteiger partial charge in [0.2, 0.25) is 5.91 Å². The van der Waals surface area contributed by atoms with Crippen LogP contribution < -0.4 is 11.0 Å². The van der Waals surface area contributed by atoms with Gasteiger partial charge in [0.15, 0.2) is 6.23 Å². The van der Waals surface area contributed by atoms with E-state index < -0.39 is 78.4 Å². The maximum Gasteiger partial charge on any atom is 0.490 e. The molecule has 0 saturated carbocycles. The summed E-state index contributed by atoms with van der Waals surface area (Å²) in [6, 6.07) is 1.26. The number of phosphoric ester groups is 2. The summed E-state index contributed by atoms with van der Waals surface area (Å²) >= 11 is 0. The summed E-state index contributed by atoms with van der Waals surface area (Å²) in [4.78, 5) is 56.2. The number of amides is 1. The standard InChI is InChI=1S/C17H30N3O15P3/c1-9(2)31-15-12(8-30-36(24,25)34-38(28,29)35-37(26,27)33-10(3)4)32-16(14(15)22)20-7-6-13(18-11(5)21)19-17(20)23/h6-7,9-10,12,14-16,22H,8H2,1-5H3,(H,24,25)(H,26,27)(H,28,29)(H,18,19,21,23)/t12-,14+,15?,16-/m1/s1. The molecule has 1 aliphatic rings. The highest BCUT2D eigenvalue weighted by Crippen LogP contribution is 2.68. The fraction of sp³-hybridized carbons (Fsp3) is 0.706. The van der Waals surface area contributed by atoms with Crippen LogP contribution in [0.15, 0.2) is 17.1 Å². The van der Waals surface area contributed by atoms with Gasteiger partial charge in [0.25, 0.3) is 0 Å². The lowest BCUT2D eigenvalue weighted by Crippen LogP contribution is -2.39. The van der Waals surface area contributed by atoms with Crippen molar-refractivity contribution < 1.29 is 65.4 Å². The molecule has 1 amide bonds. The van der Waals surface area contributed by atoms with E-state index >= 15 is 0 Å².